The highest BCUT2D eigenvalue weighted by Gasteiger charge is 2.21. The van der Waals surface area contributed by atoms with Crippen LogP contribution in [0.25, 0.3) is 0 Å². The maximum absolute atomic E-state index is 11.1. The Morgan fingerprint density at radius 2 is 0.750 bits per heavy atom. The molecule has 5 rings (SSSR count). The zero-order chi connectivity index (χ0) is 34.2. The van der Waals surface area contributed by atoms with Gasteiger partial charge in [-0.15, -0.1) is 0 Å². The summed E-state index contributed by atoms with van der Waals surface area (Å²) < 4.78 is 0. The number of para-hydroxylation sites is 4. The minimum absolute atomic E-state index is 0.0441. The van der Waals surface area contributed by atoms with Crippen LogP contribution in [0.15, 0.2) is 137 Å². The van der Waals surface area contributed by atoms with E-state index in [-0.39, 0.29) is 11.4 Å². The Balaban J connectivity index is 1.62. The molecule has 0 amide bonds. The highest BCUT2D eigenvalue weighted by atomic mass is 16.6. The summed E-state index contributed by atoms with van der Waals surface area (Å²) >= 11 is 0. The summed E-state index contributed by atoms with van der Waals surface area (Å²) in [6.45, 7) is 7.31. The van der Waals surface area contributed by atoms with Crippen LogP contribution in [0, 0.1) is 20.2 Å². The number of benzene rings is 4. The van der Waals surface area contributed by atoms with Crippen LogP contribution in [0.5, 0.6) is 0 Å². The van der Waals surface area contributed by atoms with E-state index in [1.807, 2.05) is 76.2 Å². The van der Waals surface area contributed by atoms with Gasteiger partial charge in [-0.2, -0.15) is 20.5 Å². The van der Waals surface area contributed by atoms with Gasteiger partial charge in [0.25, 0.3) is 11.4 Å². The molecule has 4 aromatic rings. The molecule has 14 heteroatoms. The van der Waals surface area contributed by atoms with Crippen molar-refractivity contribution in [3.63, 3.8) is 0 Å². The van der Waals surface area contributed by atoms with Crippen molar-refractivity contribution < 1.29 is 9.85 Å². The van der Waals surface area contributed by atoms with E-state index in [0.717, 1.165) is 0 Å². The predicted molar refractivity (Wildman–Crippen MR) is 187 cm³/mol. The molecule has 0 saturated carbocycles. The summed E-state index contributed by atoms with van der Waals surface area (Å²) in [6.07, 6.45) is 0. The normalized spacial score (nSPS) is 17.0. The highest BCUT2D eigenvalue weighted by Crippen LogP contribution is 2.32. The molecule has 0 saturated heterocycles. The lowest BCUT2D eigenvalue weighted by Gasteiger charge is -2.16. The maximum Gasteiger partial charge on any atom is 0.269 e. The number of nitro benzene ring substituents is 2. The average Bonchev–Trinajstić information content (AvgIpc) is 3.06. The van der Waals surface area contributed by atoms with Crippen LogP contribution in [0.3, 0.4) is 0 Å². The molecule has 0 spiro atoms. The van der Waals surface area contributed by atoms with Crippen molar-refractivity contribution >= 4 is 68.3 Å². The fourth-order valence-corrected chi connectivity index (χ4v) is 4.78. The molecule has 0 fully saturated rings. The molecular formula is C34H30N10O4. The van der Waals surface area contributed by atoms with E-state index in [9.17, 15) is 20.2 Å². The molecule has 0 aromatic heterocycles. The predicted octanol–water partition coefficient (Wildman–Crippen LogP) is 9.89. The third kappa shape index (κ3) is 8.04. The standard InChI is InChI=1S/C34H30N10O4/c1-21-33(41-39-25-13-17-27(18-14-25)43(45)46)22(2)36-31-11-7-8-12-32(31)38-24(4)34(23(3)37-30-10-6-5-9-29(30)35-21)42-40-26-15-19-28(20-16-26)44(47)48/h5-20,33-34H,1-4H3. The second kappa shape index (κ2) is 14.8. The highest BCUT2D eigenvalue weighted by molar-refractivity contribution is 6.13. The minimum atomic E-state index is -0.678. The Bertz CT molecular complexity index is 1810. The molecule has 4 aromatic carbocycles. The van der Waals surface area contributed by atoms with E-state index in [0.29, 0.717) is 57.0 Å². The van der Waals surface area contributed by atoms with E-state index < -0.39 is 21.9 Å². The molecular weight excluding hydrogens is 612 g/mol. The molecule has 1 heterocycles. The van der Waals surface area contributed by atoms with Gasteiger partial charge in [0.15, 0.2) is 0 Å². The van der Waals surface area contributed by atoms with Crippen LogP contribution < -0.4 is 0 Å². The lowest BCUT2D eigenvalue weighted by molar-refractivity contribution is -0.385. The molecule has 48 heavy (non-hydrogen) atoms. The van der Waals surface area contributed by atoms with Gasteiger partial charge in [-0.3, -0.25) is 40.2 Å². The number of nitrogens with zero attached hydrogens (tertiary/aromatic N) is 10. The third-order valence-corrected chi connectivity index (χ3v) is 7.23. The smallest absolute Gasteiger partial charge is 0.258 e. The van der Waals surface area contributed by atoms with Gasteiger partial charge < -0.3 is 0 Å². The molecule has 14 nitrogen and oxygen atoms in total. The molecule has 0 N–H and O–H groups in total. The first-order valence-corrected chi connectivity index (χ1v) is 14.8. The summed E-state index contributed by atoms with van der Waals surface area (Å²) in [5.74, 6) is 0. The van der Waals surface area contributed by atoms with Gasteiger partial charge in [-0.05, 0) is 76.2 Å². The molecule has 1 aliphatic rings. The number of fused-ring (bicyclic) bond motifs is 2. The second-order valence-corrected chi connectivity index (χ2v) is 10.8. The van der Waals surface area contributed by atoms with Crippen molar-refractivity contribution in [1.29, 1.82) is 0 Å². The van der Waals surface area contributed by atoms with Gasteiger partial charge in [0.1, 0.15) is 12.1 Å². The summed E-state index contributed by atoms with van der Waals surface area (Å²) in [6, 6.07) is 25.0. The number of aliphatic imine (C=N–C) groups is 4. The van der Waals surface area contributed by atoms with Crippen molar-refractivity contribution in [1.82, 2.24) is 0 Å². The van der Waals surface area contributed by atoms with E-state index in [4.69, 9.17) is 20.0 Å². The Hall–Kier alpha value is -6.44. The molecule has 0 radical (unpaired) electrons. The monoisotopic (exact) mass is 642 g/mol. The lowest BCUT2D eigenvalue weighted by Crippen LogP contribution is -2.24. The molecule has 0 atom stereocenters. The molecule has 0 bridgehead atoms. The number of hydrogen-bond acceptors (Lipinski definition) is 12. The van der Waals surface area contributed by atoms with Crippen LogP contribution in [0.4, 0.5) is 45.5 Å². The number of rotatable bonds is 6. The zero-order valence-corrected chi connectivity index (χ0v) is 26.5. The number of nitro groups is 2. The van der Waals surface area contributed by atoms with Crippen molar-refractivity contribution in [3.8, 4) is 0 Å². The Kier molecular flexibility index (Phi) is 10.1. The number of hydrogen-bond donors (Lipinski definition) is 0. The molecule has 0 unspecified atom stereocenters. The SMILES string of the molecule is CC1=Nc2ccccc2N=C(C)C(N=Nc2ccc([N+](=O)[O-])cc2)C(C)=Nc2ccccc2N=C(C)C1N=Nc1ccc([N+](=O)[O-])cc1. The van der Waals surface area contributed by atoms with Crippen LogP contribution >= 0.6 is 0 Å². The molecule has 240 valence electrons. The third-order valence-electron chi connectivity index (χ3n) is 7.23. The Labute approximate surface area is 275 Å². The first-order valence-electron chi connectivity index (χ1n) is 14.8. The van der Waals surface area contributed by atoms with Crippen LogP contribution in [-0.2, 0) is 0 Å². The van der Waals surface area contributed by atoms with Crippen molar-refractivity contribution in [2.75, 3.05) is 0 Å². The van der Waals surface area contributed by atoms with Crippen LogP contribution in [0.2, 0.25) is 0 Å². The lowest BCUT2D eigenvalue weighted by atomic mass is 10.1. The van der Waals surface area contributed by atoms with E-state index >= 15 is 0 Å². The molecule has 1 aliphatic heterocycles. The minimum Gasteiger partial charge on any atom is -0.258 e. The van der Waals surface area contributed by atoms with E-state index in [1.165, 1.54) is 48.5 Å². The first kappa shape index (κ1) is 32.9. The van der Waals surface area contributed by atoms with Gasteiger partial charge in [-0.1, -0.05) is 24.3 Å². The Morgan fingerprint density at radius 1 is 0.479 bits per heavy atom. The van der Waals surface area contributed by atoms with Crippen molar-refractivity contribution in [2.24, 2.45) is 40.4 Å². The van der Waals surface area contributed by atoms with Gasteiger partial charge in [0, 0.05) is 47.1 Å². The number of azo groups is 2. The zero-order valence-electron chi connectivity index (χ0n) is 26.5. The Morgan fingerprint density at radius 3 is 1.00 bits per heavy atom. The summed E-state index contributed by atoms with van der Waals surface area (Å²) in [5.41, 5.74) is 5.47. The largest absolute Gasteiger partial charge is 0.269 e. The van der Waals surface area contributed by atoms with Crippen molar-refractivity contribution in [2.45, 2.75) is 39.8 Å². The van der Waals surface area contributed by atoms with E-state index in [2.05, 4.69) is 20.5 Å². The van der Waals surface area contributed by atoms with Gasteiger partial charge in [0.2, 0.25) is 0 Å². The maximum atomic E-state index is 11.1. The van der Waals surface area contributed by atoms with Crippen molar-refractivity contribution in [3.05, 3.63) is 117 Å². The summed E-state index contributed by atoms with van der Waals surface area (Å²) in [4.78, 5) is 40.9. The number of non-ortho nitro benzene ring substituents is 2. The fourth-order valence-electron chi connectivity index (χ4n) is 4.78. The van der Waals surface area contributed by atoms with Gasteiger partial charge >= 0.3 is 0 Å². The first-order chi connectivity index (χ1) is 23.1. The second-order valence-electron chi connectivity index (χ2n) is 10.8. The van der Waals surface area contributed by atoms with Crippen LogP contribution in [0.1, 0.15) is 27.7 Å². The van der Waals surface area contributed by atoms with Crippen LogP contribution in [-0.4, -0.2) is 44.8 Å². The fraction of sp³-hybridized carbons (Fsp3) is 0.176. The summed E-state index contributed by atoms with van der Waals surface area (Å²) in [7, 11) is 0. The summed E-state index contributed by atoms with van der Waals surface area (Å²) in [5, 5.41) is 40.1. The van der Waals surface area contributed by atoms with E-state index in [1.54, 1.807) is 0 Å². The van der Waals surface area contributed by atoms with Gasteiger partial charge in [0.05, 0.1) is 44.0 Å². The topological polar surface area (TPSA) is 185 Å². The van der Waals surface area contributed by atoms with Gasteiger partial charge in [-0.25, -0.2) is 0 Å². The quantitative estimate of drug-likeness (QED) is 0.115. The average molecular weight is 643 g/mol. The molecule has 0 aliphatic carbocycles.